The number of halogens is 6. The van der Waals surface area contributed by atoms with E-state index in [1.54, 1.807) is 0 Å². The third-order valence-corrected chi connectivity index (χ3v) is 1.66. The van der Waals surface area contributed by atoms with Crippen LogP contribution < -0.4 is 61.6 Å². The van der Waals surface area contributed by atoms with Crippen LogP contribution in [-0.2, 0) is 0 Å². The van der Waals surface area contributed by atoms with E-state index in [0.717, 1.165) is 12.1 Å². The third kappa shape index (κ3) is 6.14. The van der Waals surface area contributed by atoms with Crippen molar-refractivity contribution in [2.24, 2.45) is 0 Å². The van der Waals surface area contributed by atoms with Crippen molar-refractivity contribution in [3.63, 3.8) is 0 Å². The molecule has 17 heavy (non-hydrogen) atoms. The summed E-state index contributed by atoms with van der Waals surface area (Å²) in [6.07, 6.45) is -4.66. The van der Waals surface area contributed by atoms with Gasteiger partial charge in [-0.25, -0.2) is 0 Å². The van der Waals surface area contributed by atoms with Crippen LogP contribution in [0.1, 0.15) is 0 Å². The summed E-state index contributed by atoms with van der Waals surface area (Å²) in [5.41, 5.74) is -1.16. The van der Waals surface area contributed by atoms with Gasteiger partial charge in [-0.2, -0.15) is 13.2 Å². The minimum Gasteiger partial charge on any atom is -0.487 e. The summed E-state index contributed by atoms with van der Waals surface area (Å²) >= 11 is 0. The summed E-state index contributed by atoms with van der Waals surface area (Å²) < 4.78 is 76.5. The number of alkyl halides is 3. The average molecular weight is 282 g/mol. The van der Waals surface area contributed by atoms with Crippen LogP contribution in [0.2, 0.25) is 0 Å². The number of rotatable bonds is 3. The zero-order valence-corrected chi connectivity index (χ0v) is 11.9. The number of para-hydroxylation sites is 1. The van der Waals surface area contributed by atoms with Gasteiger partial charge in [0.1, 0.15) is 0 Å². The molecule has 0 atom stereocenters. The molecule has 90 valence electrons. The zero-order valence-electron chi connectivity index (χ0n) is 8.77. The first-order valence-corrected chi connectivity index (χ1v) is 4.18. The van der Waals surface area contributed by atoms with Crippen molar-refractivity contribution < 1.29 is 82.2 Å². The molecule has 0 unspecified atom stereocenters. The summed E-state index contributed by atoms with van der Waals surface area (Å²) in [6, 6.07) is 3.81. The molecule has 0 aliphatic carbocycles. The molecule has 0 aliphatic heterocycles. The van der Waals surface area contributed by atoms with Gasteiger partial charge in [-0.15, -0.1) is 0 Å². The molecule has 0 aliphatic rings. The molecule has 1 nitrogen and oxygen atoms in total. The van der Waals surface area contributed by atoms with Crippen molar-refractivity contribution in [2.45, 2.75) is 6.18 Å². The van der Waals surface area contributed by atoms with Crippen LogP contribution in [0.25, 0.3) is 0 Å². The van der Waals surface area contributed by atoms with E-state index >= 15 is 0 Å². The predicted molar refractivity (Wildman–Crippen MR) is 46.7 cm³/mol. The van der Waals surface area contributed by atoms with Crippen LogP contribution in [0.4, 0.5) is 26.1 Å². The molecule has 1 aromatic rings. The Morgan fingerprint density at radius 3 is 2.06 bits per heavy atom. The maximum atomic E-state index is 12.4. The second kappa shape index (κ2) is 6.46. The maximum Gasteiger partial charge on any atom is 1.00 e. The van der Waals surface area contributed by atoms with E-state index in [9.17, 15) is 26.1 Å². The van der Waals surface area contributed by atoms with Crippen molar-refractivity contribution in [3.8, 4) is 5.75 Å². The summed E-state index contributed by atoms with van der Waals surface area (Å²) in [6.45, 7) is -7.12. The van der Waals surface area contributed by atoms with E-state index < -0.39 is 31.0 Å². The van der Waals surface area contributed by atoms with Crippen LogP contribution in [0.5, 0.6) is 5.75 Å². The molecular formula is C8H6BF6KO. The van der Waals surface area contributed by atoms with Gasteiger partial charge in [0.25, 0.3) is 0 Å². The molecule has 1 aromatic carbocycles. The molecule has 0 saturated heterocycles. The fourth-order valence-corrected chi connectivity index (χ4v) is 1.04. The van der Waals surface area contributed by atoms with E-state index in [4.69, 9.17) is 0 Å². The van der Waals surface area contributed by atoms with E-state index in [2.05, 4.69) is 4.74 Å². The summed E-state index contributed by atoms with van der Waals surface area (Å²) in [4.78, 5) is 0. The van der Waals surface area contributed by atoms with Crippen LogP contribution in [-0.4, -0.2) is 19.8 Å². The van der Waals surface area contributed by atoms with Crippen LogP contribution in [0.15, 0.2) is 24.3 Å². The molecular weight excluding hydrogens is 276 g/mol. The Balaban J connectivity index is 0.00000256. The molecule has 1 rings (SSSR count). The molecule has 0 heterocycles. The van der Waals surface area contributed by atoms with Gasteiger partial charge >= 0.3 is 64.5 Å². The zero-order chi connectivity index (χ0) is 12.4. The number of hydrogen-bond acceptors (Lipinski definition) is 1. The summed E-state index contributed by atoms with van der Waals surface area (Å²) in [5, 5.41) is 0. The largest absolute Gasteiger partial charge is 1.00 e. The van der Waals surface area contributed by atoms with Crippen LogP contribution in [0, 0.1) is 0 Å². The Kier molecular flexibility index (Phi) is 6.58. The number of benzene rings is 1. The van der Waals surface area contributed by atoms with Gasteiger partial charge in [0, 0.05) is 0 Å². The van der Waals surface area contributed by atoms with Crippen LogP contribution in [0.3, 0.4) is 0 Å². The normalized spacial score (nSPS) is 11.9. The Morgan fingerprint density at radius 2 is 1.59 bits per heavy atom. The van der Waals surface area contributed by atoms with Gasteiger partial charge in [0.2, 0.25) is 0 Å². The second-order valence-corrected chi connectivity index (χ2v) is 3.02. The molecule has 0 radical (unpaired) electrons. The van der Waals surface area contributed by atoms with Crippen molar-refractivity contribution >= 4 is 12.4 Å². The quantitative estimate of drug-likeness (QED) is 0.546. The summed E-state index contributed by atoms with van der Waals surface area (Å²) in [5.74, 6) is -0.799. The summed E-state index contributed by atoms with van der Waals surface area (Å²) in [7, 11) is 0. The van der Waals surface area contributed by atoms with E-state index in [1.807, 2.05) is 0 Å². The maximum absolute atomic E-state index is 12.4. The minimum atomic E-state index is -5.38. The van der Waals surface area contributed by atoms with Gasteiger partial charge in [-0.05, 0) is 6.07 Å². The standard InChI is InChI=1S/C8H6BF6O.K/c10-8(11,12)5-16-7-4-2-1-3-6(7)9(13,14)15;/h1-4H,5H2;/q-1;+1. The van der Waals surface area contributed by atoms with Gasteiger partial charge in [-0.1, -0.05) is 23.7 Å². The first-order valence-electron chi connectivity index (χ1n) is 4.18. The fraction of sp³-hybridized carbons (Fsp3) is 0.250. The Bertz CT molecular complexity index is 364. The van der Waals surface area contributed by atoms with Gasteiger partial charge in [0.05, 0.1) is 5.75 Å². The second-order valence-electron chi connectivity index (χ2n) is 3.02. The van der Waals surface area contributed by atoms with Gasteiger partial charge in [-0.3, -0.25) is 0 Å². The molecule has 9 heteroatoms. The molecule has 0 saturated carbocycles. The van der Waals surface area contributed by atoms with Crippen LogP contribution >= 0.6 is 0 Å². The number of hydrogen-bond donors (Lipinski definition) is 0. The molecule has 0 spiro atoms. The first kappa shape index (κ1) is 17.3. The fourth-order valence-electron chi connectivity index (χ4n) is 1.04. The smallest absolute Gasteiger partial charge is 0.487 e. The van der Waals surface area contributed by atoms with Crippen molar-refractivity contribution in [1.29, 1.82) is 0 Å². The Morgan fingerprint density at radius 1 is 1.06 bits per heavy atom. The number of ether oxygens (including phenoxy) is 1. The predicted octanol–water partition coefficient (Wildman–Crippen LogP) is -0.314. The van der Waals surface area contributed by atoms with Gasteiger partial charge < -0.3 is 17.7 Å². The van der Waals surface area contributed by atoms with Crippen molar-refractivity contribution in [2.75, 3.05) is 6.61 Å². The Labute approximate surface area is 136 Å². The molecule has 0 fully saturated rings. The molecule has 0 amide bonds. The van der Waals surface area contributed by atoms with Crippen molar-refractivity contribution in [3.05, 3.63) is 24.3 Å². The minimum absolute atomic E-state index is 0. The first-order chi connectivity index (χ1) is 7.20. The van der Waals surface area contributed by atoms with Gasteiger partial charge in [0.15, 0.2) is 6.61 Å². The third-order valence-electron chi connectivity index (χ3n) is 1.66. The topological polar surface area (TPSA) is 9.23 Å². The Hall–Kier alpha value is 0.301. The van der Waals surface area contributed by atoms with Crippen molar-refractivity contribution in [1.82, 2.24) is 0 Å². The molecule has 0 N–H and O–H groups in total. The average Bonchev–Trinajstić information content (AvgIpc) is 2.12. The van der Waals surface area contributed by atoms with E-state index in [1.165, 1.54) is 6.07 Å². The van der Waals surface area contributed by atoms with E-state index in [0.29, 0.717) is 6.07 Å². The SMILES string of the molecule is F[B-](F)(F)c1ccccc1OCC(F)(F)F.[K+]. The molecule has 0 bridgehead atoms. The van der Waals surface area contributed by atoms with E-state index in [-0.39, 0.29) is 51.4 Å². The monoisotopic (exact) mass is 282 g/mol. The molecule has 0 aromatic heterocycles.